The van der Waals surface area contributed by atoms with Crippen molar-refractivity contribution in [2.24, 2.45) is 5.92 Å². The van der Waals surface area contributed by atoms with Gasteiger partial charge in [-0.05, 0) is 46.0 Å². The number of nitrogens with zero attached hydrogens (tertiary/aromatic N) is 2. The first-order chi connectivity index (χ1) is 9.60. The van der Waals surface area contributed by atoms with Crippen LogP contribution in [0.2, 0.25) is 0 Å². The maximum absolute atomic E-state index is 12.4. The van der Waals surface area contributed by atoms with Crippen LogP contribution in [0.5, 0.6) is 0 Å². The second kappa shape index (κ2) is 7.66. The van der Waals surface area contributed by atoms with Crippen LogP contribution < -0.4 is 0 Å². The number of rotatable bonds is 5. The van der Waals surface area contributed by atoms with Crippen molar-refractivity contribution in [2.45, 2.75) is 38.4 Å². The molecule has 0 aromatic carbocycles. The molecule has 116 valence electrons. The number of piperidine rings is 1. The van der Waals surface area contributed by atoms with Gasteiger partial charge in [0.15, 0.2) is 0 Å². The number of hydrogen-bond acceptors (Lipinski definition) is 4. The number of hydrogen-bond donors (Lipinski definition) is 0. The fourth-order valence-electron chi connectivity index (χ4n) is 3.21. The lowest BCUT2D eigenvalue weighted by Gasteiger charge is -2.34. The van der Waals surface area contributed by atoms with E-state index in [9.17, 15) is 4.79 Å². The molecule has 0 aromatic rings. The molecule has 20 heavy (non-hydrogen) atoms. The zero-order valence-electron chi connectivity index (χ0n) is 13.0. The number of carbonyl (C=O) groups excluding carboxylic acids is 1. The second-order valence-corrected chi connectivity index (χ2v) is 7.09. The van der Waals surface area contributed by atoms with E-state index in [1.807, 2.05) is 11.8 Å². The van der Waals surface area contributed by atoms with Crippen molar-refractivity contribution in [1.82, 2.24) is 9.80 Å². The van der Waals surface area contributed by atoms with Crippen molar-refractivity contribution < 1.29 is 9.53 Å². The summed E-state index contributed by atoms with van der Waals surface area (Å²) in [5, 5.41) is 0. The van der Waals surface area contributed by atoms with Crippen molar-refractivity contribution in [3.8, 4) is 0 Å². The van der Waals surface area contributed by atoms with E-state index in [0.29, 0.717) is 18.1 Å². The van der Waals surface area contributed by atoms with Gasteiger partial charge >= 0.3 is 0 Å². The molecule has 2 unspecified atom stereocenters. The van der Waals surface area contributed by atoms with Crippen LogP contribution in [0.1, 0.15) is 26.2 Å². The van der Waals surface area contributed by atoms with E-state index in [1.165, 1.54) is 0 Å². The molecule has 2 aliphatic rings. The molecule has 0 spiro atoms. The Hall–Kier alpha value is -0.260. The third kappa shape index (κ3) is 4.37. The molecule has 1 amide bonds. The Morgan fingerprint density at radius 2 is 2.00 bits per heavy atom. The summed E-state index contributed by atoms with van der Waals surface area (Å²) in [5.41, 5.74) is 0. The van der Waals surface area contributed by atoms with Crippen molar-refractivity contribution in [3.05, 3.63) is 0 Å². The van der Waals surface area contributed by atoms with Gasteiger partial charge in [0.2, 0.25) is 5.91 Å². The van der Waals surface area contributed by atoms with E-state index in [2.05, 4.69) is 30.0 Å². The summed E-state index contributed by atoms with van der Waals surface area (Å²) in [5.74, 6) is 1.64. The van der Waals surface area contributed by atoms with E-state index in [4.69, 9.17) is 4.74 Å². The lowest BCUT2D eigenvalue weighted by atomic mass is 10.0. The van der Waals surface area contributed by atoms with Gasteiger partial charge in [0.25, 0.3) is 0 Å². The Bertz CT molecular complexity index is 319. The van der Waals surface area contributed by atoms with Crippen LogP contribution in [0, 0.1) is 5.92 Å². The van der Waals surface area contributed by atoms with Crippen molar-refractivity contribution >= 4 is 17.7 Å². The van der Waals surface area contributed by atoms with Crippen LogP contribution in [0.3, 0.4) is 0 Å². The van der Waals surface area contributed by atoms with Gasteiger partial charge in [0.05, 0.1) is 18.1 Å². The van der Waals surface area contributed by atoms with Gasteiger partial charge in [-0.25, -0.2) is 0 Å². The predicted molar refractivity (Wildman–Crippen MR) is 84.1 cm³/mol. The molecule has 4 nitrogen and oxygen atoms in total. The summed E-state index contributed by atoms with van der Waals surface area (Å²) >= 11 is 1.83. The number of ether oxygens (including phenoxy) is 1. The van der Waals surface area contributed by atoms with Crippen LogP contribution in [0.4, 0.5) is 0 Å². The SMILES string of the molecule is CSCC(C)OC1CCN(C(=O)C2CCN(C)C2)CC1. The molecule has 2 atom stereocenters. The smallest absolute Gasteiger partial charge is 0.227 e. The lowest BCUT2D eigenvalue weighted by molar-refractivity contribution is -0.138. The highest BCUT2D eigenvalue weighted by Gasteiger charge is 2.32. The summed E-state index contributed by atoms with van der Waals surface area (Å²) in [4.78, 5) is 16.7. The quantitative estimate of drug-likeness (QED) is 0.774. The Labute approximate surface area is 127 Å². The Morgan fingerprint density at radius 3 is 2.55 bits per heavy atom. The predicted octanol–water partition coefficient (Wildman–Crippen LogP) is 1.70. The monoisotopic (exact) mass is 300 g/mol. The topological polar surface area (TPSA) is 32.8 Å². The zero-order valence-corrected chi connectivity index (χ0v) is 13.8. The fourth-order valence-corrected chi connectivity index (χ4v) is 3.76. The van der Waals surface area contributed by atoms with Crippen molar-refractivity contribution in [3.63, 3.8) is 0 Å². The average Bonchev–Trinajstić information content (AvgIpc) is 2.86. The molecule has 2 saturated heterocycles. The molecule has 5 heteroatoms. The van der Waals surface area contributed by atoms with Gasteiger partial charge in [0, 0.05) is 25.4 Å². The summed E-state index contributed by atoms with van der Waals surface area (Å²) in [6.45, 7) is 5.87. The normalized spacial score (nSPS) is 26.9. The van der Waals surface area contributed by atoms with E-state index in [-0.39, 0.29) is 5.92 Å². The number of amides is 1. The third-order valence-corrected chi connectivity index (χ3v) is 5.12. The Morgan fingerprint density at radius 1 is 1.30 bits per heavy atom. The average molecular weight is 300 g/mol. The highest BCUT2D eigenvalue weighted by molar-refractivity contribution is 7.98. The minimum atomic E-state index is 0.230. The van der Waals surface area contributed by atoms with Crippen molar-refractivity contribution in [1.29, 1.82) is 0 Å². The molecule has 0 N–H and O–H groups in total. The Kier molecular flexibility index (Phi) is 6.18. The number of likely N-dealkylation sites (tertiary alicyclic amines) is 2. The van der Waals surface area contributed by atoms with Crippen LogP contribution in [-0.4, -0.2) is 73.2 Å². The molecule has 2 fully saturated rings. The third-order valence-electron chi connectivity index (χ3n) is 4.32. The molecule has 2 heterocycles. The van der Waals surface area contributed by atoms with E-state index in [0.717, 1.165) is 51.2 Å². The molecule has 0 bridgehead atoms. The molecule has 0 radical (unpaired) electrons. The highest BCUT2D eigenvalue weighted by Crippen LogP contribution is 2.22. The zero-order chi connectivity index (χ0) is 14.5. The van der Waals surface area contributed by atoms with Crippen LogP contribution in [0.15, 0.2) is 0 Å². The largest absolute Gasteiger partial charge is 0.374 e. The molecule has 2 rings (SSSR count). The van der Waals surface area contributed by atoms with Gasteiger partial charge in [-0.3, -0.25) is 4.79 Å². The van der Waals surface area contributed by atoms with E-state index < -0.39 is 0 Å². The minimum Gasteiger partial charge on any atom is -0.374 e. The minimum absolute atomic E-state index is 0.230. The van der Waals surface area contributed by atoms with Gasteiger partial charge in [-0.2, -0.15) is 11.8 Å². The van der Waals surface area contributed by atoms with Crippen LogP contribution in [0.25, 0.3) is 0 Å². The molecular weight excluding hydrogens is 272 g/mol. The van der Waals surface area contributed by atoms with E-state index >= 15 is 0 Å². The molecule has 0 aromatic heterocycles. The first-order valence-electron chi connectivity index (χ1n) is 7.72. The van der Waals surface area contributed by atoms with Gasteiger partial charge in [-0.1, -0.05) is 0 Å². The lowest BCUT2D eigenvalue weighted by Crippen LogP contribution is -2.44. The van der Waals surface area contributed by atoms with Crippen molar-refractivity contribution in [2.75, 3.05) is 45.2 Å². The standard InChI is InChI=1S/C15H28N2O2S/c1-12(11-20-3)19-14-5-8-17(9-6-14)15(18)13-4-7-16(2)10-13/h12-14H,4-11H2,1-3H3. The molecule has 0 aliphatic carbocycles. The Balaban J connectivity index is 1.72. The van der Waals surface area contributed by atoms with Gasteiger partial charge in [0.1, 0.15) is 0 Å². The van der Waals surface area contributed by atoms with Gasteiger partial charge < -0.3 is 14.5 Å². The summed E-state index contributed by atoms with van der Waals surface area (Å²) < 4.78 is 6.04. The summed E-state index contributed by atoms with van der Waals surface area (Å²) in [6.07, 6.45) is 5.78. The van der Waals surface area contributed by atoms with E-state index in [1.54, 1.807) is 0 Å². The number of thioether (sulfide) groups is 1. The highest BCUT2D eigenvalue weighted by atomic mass is 32.2. The van der Waals surface area contributed by atoms with Crippen LogP contribution >= 0.6 is 11.8 Å². The van der Waals surface area contributed by atoms with Gasteiger partial charge in [-0.15, -0.1) is 0 Å². The number of carbonyl (C=O) groups is 1. The second-order valence-electron chi connectivity index (χ2n) is 6.17. The first-order valence-corrected chi connectivity index (χ1v) is 9.11. The van der Waals surface area contributed by atoms with Crippen LogP contribution in [-0.2, 0) is 9.53 Å². The molecule has 2 aliphatic heterocycles. The fraction of sp³-hybridized carbons (Fsp3) is 0.933. The molecular formula is C15H28N2O2S. The maximum Gasteiger partial charge on any atom is 0.227 e. The molecule has 0 saturated carbocycles. The summed E-state index contributed by atoms with van der Waals surface area (Å²) in [6, 6.07) is 0. The first kappa shape index (κ1) is 16.1. The summed E-state index contributed by atoms with van der Waals surface area (Å²) in [7, 11) is 2.10. The maximum atomic E-state index is 12.4.